The molecule has 2 aliphatic rings. The average Bonchev–Trinajstić information content (AvgIpc) is 3.55. The summed E-state index contributed by atoms with van der Waals surface area (Å²) in [5.74, 6) is 1.91. The van der Waals surface area contributed by atoms with Gasteiger partial charge in [-0.2, -0.15) is 4.98 Å². The number of aromatic amines is 1. The normalized spacial score (nSPS) is 17.9. The lowest BCUT2D eigenvalue weighted by atomic mass is 10.1. The number of H-pyrrole nitrogens is 1. The van der Waals surface area contributed by atoms with E-state index in [-0.39, 0.29) is 18.0 Å². The summed E-state index contributed by atoms with van der Waals surface area (Å²) < 4.78 is 18.8. The van der Waals surface area contributed by atoms with Gasteiger partial charge in [0.2, 0.25) is 11.7 Å². The monoisotopic (exact) mass is 588 g/mol. The van der Waals surface area contributed by atoms with Crippen LogP contribution in [0.15, 0.2) is 58.0 Å². The molecule has 4 aromatic heterocycles. The Morgan fingerprint density at radius 1 is 1.02 bits per heavy atom. The van der Waals surface area contributed by atoms with Crippen molar-refractivity contribution in [1.82, 2.24) is 39.5 Å². The summed E-state index contributed by atoms with van der Waals surface area (Å²) in [6.07, 6.45) is 5.40. The molecule has 6 heterocycles. The smallest absolute Gasteiger partial charge is 0.439 e. The van der Waals surface area contributed by atoms with Crippen molar-refractivity contribution in [3.8, 4) is 17.4 Å². The molecule has 13 heteroatoms. The zero-order valence-electron chi connectivity index (χ0n) is 22.8. The van der Waals surface area contributed by atoms with Gasteiger partial charge < -0.3 is 14.0 Å². The van der Waals surface area contributed by atoms with E-state index in [4.69, 9.17) is 26.1 Å². The lowest BCUT2D eigenvalue weighted by Crippen LogP contribution is -2.39. The van der Waals surface area contributed by atoms with Crippen LogP contribution in [0.25, 0.3) is 22.7 Å². The molecule has 1 atom stereocenters. The van der Waals surface area contributed by atoms with Gasteiger partial charge in [0.1, 0.15) is 23.4 Å². The second-order valence-electron chi connectivity index (χ2n) is 10.6. The quantitative estimate of drug-likeness (QED) is 0.272. The lowest BCUT2D eigenvalue weighted by molar-refractivity contribution is -0.0592. The number of halogens is 1. The highest BCUT2D eigenvalue weighted by Crippen LogP contribution is 2.25. The molecule has 2 fully saturated rings. The molecular formula is C29H29ClN8O4. The highest BCUT2D eigenvalue weighted by atomic mass is 35.5. The number of nitrogens with one attached hydrogen (secondary N) is 1. The predicted octanol–water partition coefficient (Wildman–Crippen LogP) is 3.64. The average molecular weight is 589 g/mol. The van der Waals surface area contributed by atoms with Crippen molar-refractivity contribution in [1.29, 1.82) is 0 Å². The van der Waals surface area contributed by atoms with Gasteiger partial charge in [-0.05, 0) is 49.1 Å². The summed E-state index contributed by atoms with van der Waals surface area (Å²) in [7, 11) is 0. The molecule has 0 saturated carbocycles. The fraction of sp³-hybridized carbons (Fsp3) is 0.379. The Morgan fingerprint density at radius 2 is 1.86 bits per heavy atom. The van der Waals surface area contributed by atoms with Crippen LogP contribution in [-0.4, -0.2) is 71.4 Å². The fourth-order valence-electron chi connectivity index (χ4n) is 5.36. The van der Waals surface area contributed by atoms with E-state index in [1.807, 2.05) is 42.5 Å². The van der Waals surface area contributed by atoms with Gasteiger partial charge >= 0.3 is 5.76 Å². The number of ether oxygens (including phenoxy) is 2. The van der Waals surface area contributed by atoms with Crippen LogP contribution in [0.4, 0.5) is 0 Å². The molecule has 2 aliphatic heterocycles. The first kappa shape index (κ1) is 26.7. The maximum atomic E-state index is 11.4. The Hall–Kier alpha value is -4.13. The number of pyridine rings is 1. The van der Waals surface area contributed by atoms with Gasteiger partial charge in [-0.3, -0.25) is 14.4 Å². The summed E-state index contributed by atoms with van der Waals surface area (Å²) in [5.41, 5.74) is 3.12. The van der Waals surface area contributed by atoms with E-state index in [0.717, 1.165) is 62.4 Å². The predicted molar refractivity (Wildman–Crippen MR) is 153 cm³/mol. The molecule has 2 saturated heterocycles. The van der Waals surface area contributed by atoms with Crippen LogP contribution < -0.4 is 10.5 Å². The van der Waals surface area contributed by atoms with Crippen LogP contribution in [0.3, 0.4) is 0 Å². The number of fused-ring (bicyclic) bond motifs is 1. The highest BCUT2D eigenvalue weighted by Gasteiger charge is 2.26. The van der Waals surface area contributed by atoms with Gasteiger partial charge in [0.15, 0.2) is 5.65 Å². The first-order valence-corrected chi connectivity index (χ1v) is 14.4. The number of nitrogens with zero attached hydrogens (tertiary/aromatic N) is 7. The van der Waals surface area contributed by atoms with Crippen LogP contribution in [0, 0.1) is 0 Å². The molecule has 0 bridgehead atoms. The molecule has 0 aliphatic carbocycles. The Morgan fingerprint density at radius 3 is 2.60 bits per heavy atom. The summed E-state index contributed by atoms with van der Waals surface area (Å²) in [6.45, 7) is 3.94. The van der Waals surface area contributed by atoms with E-state index < -0.39 is 5.76 Å². The Bertz CT molecular complexity index is 1740. The minimum atomic E-state index is -0.620. The molecule has 0 unspecified atom stereocenters. The van der Waals surface area contributed by atoms with Crippen LogP contribution in [0.2, 0.25) is 5.02 Å². The first-order chi connectivity index (χ1) is 20.6. The van der Waals surface area contributed by atoms with Crippen molar-refractivity contribution in [2.45, 2.75) is 51.0 Å². The largest absolute Gasteiger partial charge is 0.474 e. The standard InChI is InChI=1S/C29H29ClN8O4/c30-19-3-1-18(2-4-19)15-24-31-11-7-26(33-24)41-20-8-12-37(13-9-20)17-25-34-28-23(38(25)16-21-10-14-40-21)6-5-22(32-28)27-35-29(39)42-36-27/h1-7,11,20-21H,8-10,12-17H2,(H,35,36,39)/t21-/m0/s1. The maximum absolute atomic E-state index is 11.4. The maximum Gasteiger partial charge on any atom is 0.439 e. The van der Waals surface area contributed by atoms with Crippen LogP contribution in [-0.2, 0) is 24.2 Å². The van der Waals surface area contributed by atoms with E-state index in [2.05, 4.69) is 39.1 Å². The van der Waals surface area contributed by atoms with Gasteiger partial charge in [-0.25, -0.2) is 19.7 Å². The van der Waals surface area contributed by atoms with Gasteiger partial charge in [-0.15, -0.1) is 0 Å². The van der Waals surface area contributed by atoms with E-state index in [9.17, 15) is 4.79 Å². The molecule has 12 nitrogen and oxygen atoms in total. The van der Waals surface area contributed by atoms with Crippen molar-refractivity contribution in [2.75, 3.05) is 19.7 Å². The second kappa shape index (κ2) is 11.6. The first-order valence-electron chi connectivity index (χ1n) is 14.1. The van der Waals surface area contributed by atoms with Gasteiger partial charge in [-0.1, -0.05) is 28.9 Å². The number of benzene rings is 1. The third-order valence-electron chi connectivity index (χ3n) is 7.70. The number of hydrogen-bond donors (Lipinski definition) is 1. The Balaban J connectivity index is 1.01. The number of imidazole rings is 1. The number of likely N-dealkylation sites (tertiary alicyclic amines) is 1. The van der Waals surface area contributed by atoms with E-state index >= 15 is 0 Å². The molecule has 7 rings (SSSR count). The molecule has 42 heavy (non-hydrogen) atoms. The molecule has 0 spiro atoms. The van der Waals surface area contributed by atoms with Gasteiger partial charge in [0, 0.05) is 43.4 Å². The van der Waals surface area contributed by atoms with Gasteiger partial charge in [0.05, 0.1) is 24.7 Å². The van der Waals surface area contributed by atoms with Crippen LogP contribution >= 0.6 is 11.6 Å². The molecule has 1 aromatic carbocycles. The molecule has 1 N–H and O–H groups in total. The zero-order valence-corrected chi connectivity index (χ0v) is 23.5. The van der Waals surface area contributed by atoms with E-state index in [1.54, 1.807) is 6.20 Å². The van der Waals surface area contributed by atoms with Crippen LogP contribution in [0.5, 0.6) is 5.88 Å². The number of aromatic nitrogens is 7. The van der Waals surface area contributed by atoms with E-state index in [0.29, 0.717) is 41.0 Å². The van der Waals surface area contributed by atoms with E-state index in [1.165, 1.54) is 0 Å². The molecule has 5 aromatic rings. The molecule has 216 valence electrons. The Kier molecular flexibility index (Phi) is 7.41. The van der Waals surface area contributed by atoms with Crippen molar-refractivity contribution in [3.05, 3.63) is 81.4 Å². The summed E-state index contributed by atoms with van der Waals surface area (Å²) >= 11 is 6.00. The summed E-state index contributed by atoms with van der Waals surface area (Å²) in [5, 5.41) is 4.47. The Labute approximate surface area is 245 Å². The molecular weight excluding hydrogens is 560 g/mol. The van der Waals surface area contributed by atoms with Crippen molar-refractivity contribution >= 4 is 22.8 Å². The van der Waals surface area contributed by atoms with Crippen molar-refractivity contribution < 1.29 is 14.0 Å². The number of piperidine rings is 1. The minimum absolute atomic E-state index is 0.0792. The third kappa shape index (κ3) is 5.91. The third-order valence-corrected chi connectivity index (χ3v) is 7.95. The minimum Gasteiger partial charge on any atom is -0.474 e. The number of hydrogen-bond acceptors (Lipinski definition) is 10. The van der Waals surface area contributed by atoms with Crippen molar-refractivity contribution in [3.63, 3.8) is 0 Å². The van der Waals surface area contributed by atoms with Crippen LogP contribution in [0.1, 0.15) is 36.5 Å². The number of rotatable bonds is 9. The van der Waals surface area contributed by atoms with Gasteiger partial charge in [0.25, 0.3) is 0 Å². The fourth-order valence-corrected chi connectivity index (χ4v) is 5.48. The summed E-state index contributed by atoms with van der Waals surface area (Å²) in [4.78, 5) is 35.0. The lowest BCUT2D eigenvalue weighted by Gasteiger charge is -2.32. The zero-order chi connectivity index (χ0) is 28.5. The van der Waals surface area contributed by atoms with Crippen molar-refractivity contribution in [2.24, 2.45) is 0 Å². The second-order valence-corrected chi connectivity index (χ2v) is 11.0. The molecule has 0 radical (unpaired) electrons. The topological polar surface area (TPSA) is 137 Å². The molecule has 0 amide bonds. The summed E-state index contributed by atoms with van der Waals surface area (Å²) in [6, 6.07) is 13.3. The highest BCUT2D eigenvalue weighted by molar-refractivity contribution is 6.30. The SMILES string of the molecule is O=c1[nH]c(-c2ccc3c(n2)nc(CN2CCC(Oc4ccnc(Cc5ccc(Cl)cc5)n4)CC2)n3C[C@@H]2CCO2)no1.